The van der Waals surface area contributed by atoms with Crippen molar-refractivity contribution in [3.05, 3.63) is 107 Å². The average Bonchev–Trinajstić information content (AvgIpc) is 3.40. The molecule has 0 heterocycles. The van der Waals surface area contributed by atoms with E-state index in [-0.39, 0.29) is 30.2 Å². The number of hydrogen-bond acceptors (Lipinski definition) is 2. The molecule has 1 saturated carbocycles. The highest BCUT2D eigenvalue weighted by molar-refractivity contribution is 6.30. The van der Waals surface area contributed by atoms with E-state index in [1.807, 2.05) is 67.6 Å². The molecular formula is C30H33ClN2O2. The minimum absolute atomic E-state index is 0.0493. The summed E-state index contributed by atoms with van der Waals surface area (Å²) in [6.45, 7) is 2.18. The Hall–Kier alpha value is -3.11. The van der Waals surface area contributed by atoms with Crippen molar-refractivity contribution in [3.8, 4) is 0 Å². The third kappa shape index (κ3) is 6.73. The second-order valence-corrected chi connectivity index (χ2v) is 9.83. The van der Waals surface area contributed by atoms with Crippen molar-refractivity contribution in [1.82, 2.24) is 10.2 Å². The summed E-state index contributed by atoms with van der Waals surface area (Å²) in [6.07, 6.45) is 4.58. The normalized spacial score (nSPS) is 14.6. The Morgan fingerprint density at radius 2 is 1.43 bits per heavy atom. The van der Waals surface area contributed by atoms with Gasteiger partial charge in [-0.2, -0.15) is 0 Å². The zero-order valence-electron chi connectivity index (χ0n) is 20.2. The van der Waals surface area contributed by atoms with Gasteiger partial charge in [-0.3, -0.25) is 9.59 Å². The summed E-state index contributed by atoms with van der Waals surface area (Å²) in [7, 11) is 0. The van der Waals surface area contributed by atoms with Crippen LogP contribution in [-0.2, 0) is 16.1 Å². The van der Waals surface area contributed by atoms with Crippen LogP contribution in [0.2, 0.25) is 5.02 Å². The number of rotatable bonds is 9. The van der Waals surface area contributed by atoms with Crippen molar-refractivity contribution >= 4 is 23.4 Å². The van der Waals surface area contributed by atoms with Crippen LogP contribution < -0.4 is 5.32 Å². The first-order valence-corrected chi connectivity index (χ1v) is 12.8. The molecule has 3 aromatic carbocycles. The first kappa shape index (κ1) is 25.0. The van der Waals surface area contributed by atoms with Crippen LogP contribution in [-0.4, -0.2) is 28.8 Å². The largest absolute Gasteiger partial charge is 0.352 e. The highest BCUT2D eigenvalue weighted by Gasteiger charge is 2.30. The molecule has 1 aliphatic rings. The van der Waals surface area contributed by atoms with Gasteiger partial charge in [0.1, 0.15) is 6.04 Å². The molecule has 0 bridgehead atoms. The lowest BCUT2D eigenvalue weighted by atomic mass is 9.88. The van der Waals surface area contributed by atoms with Crippen molar-refractivity contribution < 1.29 is 9.59 Å². The summed E-state index contributed by atoms with van der Waals surface area (Å²) in [4.78, 5) is 28.8. The molecule has 2 amide bonds. The second-order valence-electron chi connectivity index (χ2n) is 9.39. The minimum atomic E-state index is -0.578. The predicted molar refractivity (Wildman–Crippen MR) is 141 cm³/mol. The van der Waals surface area contributed by atoms with Gasteiger partial charge in [0.2, 0.25) is 11.8 Å². The zero-order valence-corrected chi connectivity index (χ0v) is 21.0. The van der Waals surface area contributed by atoms with E-state index in [0.29, 0.717) is 11.6 Å². The first-order chi connectivity index (χ1) is 17.0. The van der Waals surface area contributed by atoms with E-state index in [4.69, 9.17) is 11.6 Å². The molecule has 3 aromatic rings. The number of nitrogens with one attached hydrogen (secondary N) is 1. The van der Waals surface area contributed by atoms with Crippen molar-refractivity contribution in [2.24, 2.45) is 0 Å². The molecule has 5 heteroatoms. The molecule has 0 radical (unpaired) electrons. The molecule has 1 fully saturated rings. The molecule has 4 rings (SSSR count). The SMILES string of the molecule is C[C@@H](C(=O)NC1CCCC1)N(Cc1ccc(Cl)cc1)C(=O)CC(c1ccccc1)c1ccccc1. The smallest absolute Gasteiger partial charge is 0.242 e. The van der Waals surface area contributed by atoms with E-state index in [1.54, 1.807) is 4.90 Å². The van der Waals surface area contributed by atoms with Crippen LogP contribution >= 0.6 is 11.6 Å². The van der Waals surface area contributed by atoms with E-state index in [1.165, 1.54) is 0 Å². The lowest BCUT2D eigenvalue weighted by Gasteiger charge is -2.31. The van der Waals surface area contributed by atoms with E-state index >= 15 is 0 Å². The Balaban J connectivity index is 1.59. The fourth-order valence-electron chi connectivity index (χ4n) is 4.85. The quantitative estimate of drug-likeness (QED) is 0.382. The van der Waals surface area contributed by atoms with Gasteiger partial charge >= 0.3 is 0 Å². The third-order valence-electron chi connectivity index (χ3n) is 6.92. The minimum Gasteiger partial charge on any atom is -0.352 e. The van der Waals surface area contributed by atoms with Crippen LogP contribution in [0.25, 0.3) is 0 Å². The monoisotopic (exact) mass is 488 g/mol. The van der Waals surface area contributed by atoms with Crippen molar-refractivity contribution in [2.75, 3.05) is 0 Å². The highest BCUT2D eigenvalue weighted by atomic mass is 35.5. The van der Waals surface area contributed by atoms with Gasteiger partial charge < -0.3 is 10.2 Å². The molecule has 1 aliphatic carbocycles. The summed E-state index contributed by atoms with van der Waals surface area (Å²) >= 11 is 6.08. The molecule has 182 valence electrons. The standard InChI is InChI=1S/C30H33ClN2O2/c1-22(30(35)32-27-14-8-9-15-27)33(21-23-16-18-26(31)19-17-23)29(34)20-28(24-10-4-2-5-11-24)25-12-6-3-7-13-25/h2-7,10-13,16-19,22,27-28H,8-9,14-15,20-21H2,1H3,(H,32,35)/t22-/m0/s1. The first-order valence-electron chi connectivity index (χ1n) is 12.5. The van der Waals surface area contributed by atoms with Gasteiger partial charge in [0, 0.05) is 29.9 Å². The Morgan fingerprint density at radius 1 is 0.886 bits per heavy atom. The van der Waals surface area contributed by atoms with Crippen LogP contribution in [0.3, 0.4) is 0 Å². The van der Waals surface area contributed by atoms with Crippen molar-refractivity contribution in [2.45, 2.75) is 63.6 Å². The number of hydrogen-bond donors (Lipinski definition) is 1. The molecule has 0 aliphatic heterocycles. The molecular weight excluding hydrogens is 456 g/mol. The van der Waals surface area contributed by atoms with Crippen LogP contribution in [0.15, 0.2) is 84.9 Å². The maximum Gasteiger partial charge on any atom is 0.242 e. The van der Waals surface area contributed by atoms with Gasteiger partial charge in [-0.25, -0.2) is 0 Å². The molecule has 0 unspecified atom stereocenters. The molecule has 0 aromatic heterocycles. The maximum absolute atomic E-state index is 13.9. The molecule has 0 saturated heterocycles. The van der Waals surface area contributed by atoms with E-state index in [2.05, 4.69) is 29.6 Å². The average molecular weight is 489 g/mol. The fraction of sp³-hybridized carbons (Fsp3) is 0.333. The van der Waals surface area contributed by atoms with Crippen LogP contribution in [0, 0.1) is 0 Å². The highest BCUT2D eigenvalue weighted by Crippen LogP contribution is 2.29. The van der Waals surface area contributed by atoms with Crippen molar-refractivity contribution in [1.29, 1.82) is 0 Å². The van der Waals surface area contributed by atoms with E-state index < -0.39 is 6.04 Å². The van der Waals surface area contributed by atoms with Gasteiger partial charge in [0.15, 0.2) is 0 Å². The topological polar surface area (TPSA) is 49.4 Å². The number of nitrogens with zero attached hydrogens (tertiary/aromatic N) is 1. The van der Waals surface area contributed by atoms with Gasteiger partial charge in [-0.15, -0.1) is 0 Å². The molecule has 1 N–H and O–H groups in total. The number of benzene rings is 3. The summed E-state index contributed by atoms with van der Waals surface area (Å²) in [5.41, 5.74) is 3.11. The second kappa shape index (κ2) is 12.0. The van der Waals surface area contributed by atoms with Gasteiger partial charge in [0.25, 0.3) is 0 Å². The van der Waals surface area contributed by atoms with Gasteiger partial charge in [-0.1, -0.05) is 97.2 Å². The van der Waals surface area contributed by atoms with Crippen LogP contribution in [0.4, 0.5) is 0 Å². The van der Waals surface area contributed by atoms with Gasteiger partial charge in [-0.05, 0) is 48.6 Å². The summed E-state index contributed by atoms with van der Waals surface area (Å²) in [5, 5.41) is 3.82. The third-order valence-corrected chi connectivity index (χ3v) is 7.17. The number of carbonyl (C=O) groups is 2. The predicted octanol–water partition coefficient (Wildman–Crippen LogP) is 6.34. The molecule has 35 heavy (non-hydrogen) atoms. The Labute approximate surface area is 213 Å². The molecule has 1 atom stereocenters. The van der Waals surface area contributed by atoms with Crippen LogP contribution in [0.1, 0.15) is 61.6 Å². The lowest BCUT2D eigenvalue weighted by Crippen LogP contribution is -2.49. The Morgan fingerprint density at radius 3 is 1.97 bits per heavy atom. The Kier molecular flexibility index (Phi) is 8.59. The summed E-state index contributed by atoms with van der Waals surface area (Å²) < 4.78 is 0. The molecule has 0 spiro atoms. The summed E-state index contributed by atoms with van der Waals surface area (Å²) in [6, 6.07) is 27.3. The summed E-state index contributed by atoms with van der Waals surface area (Å²) in [5.74, 6) is -0.232. The Bertz CT molecular complexity index is 1060. The van der Waals surface area contributed by atoms with E-state index in [9.17, 15) is 9.59 Å². The maximum atomic E-state index is 13.9. The zero-order chi connectivity index (χ0) is 24.6. The number of amides is 2. The fourth-order valence-corrected chi connectivity index (χ4v) is 4.98. The van der Waals surface area contributed by atoms with E-state index in [0.717, 1.165) is 42.4 Å². The van der Waals surface area contributed by atoms with Crippen molar-refractivity contribution in [3.63, 3.8) is 0 Å². The lowest BCUT2D eigenvalue weighted by molar-refractivity contribution is -0.141. The van der Waals surface area contributed by atoms with Gasteiger partial charge in [0.05, 0.1) is 0 Å². The number of carbonyl (C=O) groups excluding carboxylic acids is 2. The number of halogens is 1. The molecule has 4 nitrogen and oxygen atoms in total. The van der Waals surface area contributed by atoms with Crippen LogP contribution in [0.5, 0.6) is 0 Å².